The summed E-state index contributed by atoms with van der Waals surface area (Å²) in [4.78, 5) is 14.1. The number of amides is 1. The fraction of sp³-hybridized carbons (Fsp3) is 0.800. The summed E-state index contributed by atoms with van der Waals surface area (Å²) in [5, 5.41) is 0. The van der Waals surface area contributed by atoms with Gasteiger partial charge in [-0.1, -0.05) is 6.08 Å². The third kappa shape index (κ3) is 2.80. The van der Waals surface area contributed by atoms with Gasteiger partial charge in [0.1, 0.15) is 18.2 Å². The van der Waals surface area contributed by atoms with Gasteiger partial charge in [-0.05, 0) is 20.8 Å². The van der Waals surface area contributed by atoms with Crippen molar-refractivity contribution in [3.63, 3.8) is 0 Å². The highest BCUT2D eigenvalue weighted by molar-refractivity contribution is 5.69. The number of nitrogens with zero attached hydrogens (tertiary/aromatic N) is 1. The monoisotopic (exact) mass is 299 g/mol. The van der Waals surface area contributed by atoms with E-state index in [-0.39, 0.29) is 30.8 Å². The van der Waals surface area contributed by atoms with Crippen LogP contribution in [0.3, 0.4) is 0 Å². The molecule has 2 aliphatic heterocycles. The third-order valence-corrected chi connectivity index (χ3v) is 4.03. The van der Waals surface area contributed by atoms with Crippen LogP contribution in [0, 0.1) is 5.92 Å². The van der Waals surface area contributed by atoms with E-state index in [1.165, 1.54) is 0 Å². The first-order valence-electron chi connectivity index (χ1n) is 7.12. The highest BCUT2D eigenvalue weighted by Crippen LogP contribution is 2.42. The fourth-order valence-electron chi connectivity index (χ4n) is 3.02. The molecule has 2 rings (SSSR count). The van der Waals surface area contributed by atoms with Crippen molar-refractivity contribution in [1.82, 2.24) is 4.90 Å². The quantitative estimate of drug-likeness (QED) is 0.587. The Morgan fingerprint density at radius 3 is 2.48 bits per heavy atom. The molecule has 0 unspecified atom stereocenters. The van der Waals surface area contributed by atoms with Crippen molar-refractivity contribution >= 4 is 6.09 Å². The molecule has 6 heteroatoms. The topological polar surface area (TPSA) is 57.2 Å². The molecule has 120 valence electrons. The summed E-state index contributed by atoms with van der Waals surface area (Å²) in [5.74, 6) is -0.922. The minimum atomic E-state index is -0.959. The van der Waals surface area contributed by atoms with Crippen molar-refractivity contribution in [3.8, 4) is 0 Å². The van der Waals surface area contributed by atoms with Crippen LogP contribution < -0.4 is 0 Å². The largest absolute Gasteiger partial charge is 0.444 e. The van der Waals surface area contributed by atoms with Crippen molar-refractivity contribution < 1.29 is 23.7 Å². The maximum Gasteiger partial charge on any atom is 0.410 e. The van der Waals surface area contributed by atoms with Gasteiger partial charge in [0.25, 0.3) is 0 Å². The summed E-state index contributed by atoms with van der Waals surface area (Å²) in [6, 6.07) is -0.342. The van der Waals surface area contributed by atoms with E-state index >= 15 is 0 Å². The number of likely N-dealkylation sites (tertiary alicyclic amines) is 1. The van der Waals surface area contributed by atoms with Gasteiger partial charge in [0, 0.05) is 26.7 Å². The smallest absolute Gasteiger partial charge is 0.410 e. The van der Waals surface area contributed by atoms with Gasteiger partial charge in [0.2, 0.25) is 5.79 Å². The minimum Gasteiger partial charge on any atom is -0.444 e. The molecule has 21 heavy (non-hydrogen) atoms. The van der Waals surface area contributed by atoms with Crippen LogP contribution in [-0.4, -0.2) is 61.9 Å². The van der Waals surface area contributed by atoms with Crippen LogP contribution in [0.5, 0.6) is 0 Å². The first-order chi connectivity index (χ1) is 9.78. The Bertz CT molecular complexity index is 413. The van der Waals surface area contributed by atoms with Gasteiger partial charge in [-0.25, -0.2) is 4.79 Å². The predicted molar refractivity (Wildman–Crippen MR) is 76.9 cm³/mol. The number of carbonyl (C=O) groups excluding carboxylic acids is 1. The van der Waals surface area contributed by atoms with Crippen molar-refractivity contribution in [2.45, 2.75) is 44.3 Å². The van der Waals surface area contributed by atoms with Gasteiger partial charge in [0.05, 0.1) is 6.10 Å². The second-order valence-electron chi connectivity index (χ2n) is 6.47. The van der Waals surface area contributed by atoms with Gasteiger partial charge < -0.3 is 18.9 Å². The lowest BCUT2D eigenvalue weighted by atomic mass is 9.99. The molecule has 0 aromatic rings. The number of rotatable bonds is 3. The summed E-state index contributed by atoms with van der Waals surface area (Å²) in [6.45, 7) is 10.1. The zero-order valence-electron chi connectivity index (χ0n) is 13.4. The fourth-order valence-corrected chi connectivity index (χ4v) is 3.02. The summed E-state index contributed by atoms with van der Waals surface area (Å²) in [6.07, 6.45) is 1.24. The van der Waals surface area contributed by atoms with E-state index in [1.807, 2.05) is 26.8 Å². The molecule has 0 bridgehead atoms. The zero-order valence-corrected chi connectivity index (χ0v) is 13.4. The summed E-state index contributed by atoms with van der Waals surface area (Å²) in [7, 11) is 3.12. The van der Waals surface area contributed by atoms with Crippen LogP contribution >= 0.6 is 0 Å². The van der Waals surface area contributed by atoms with E-state index in [0.717, 1.165) is 0 Å². The molecule has 3 atom stereocenters. The van der Waals surface area contributed by atoms with Gasteiger partial charge in [-0.3, -0.25) is 4.90 Å². The van der Waals surface area contributed by atoms with Gasteiger partial charge >= 0.3 is 6.09 Å². The van der Waals surface area contributed by atoms with Crippen molar-refractivity contribution in [1.29, 1.82) is 0 Å². The number of fused-ring (bicyclic) bond motifs is 1. The van der Waals surface area contributed by atoms with Crippen LogP contribution in [0.1, 0.15) is 20.8 Å². The van der Waals surface area contributed by atoms with Gasteiger partial charge in [-0.2, -0.15) is 0 Å². The molecule has 0 spiro atoms. The Balaban J connectivity index is 2.28. The van der Waals surface area contributed by atoms with E-state index in [9.17, 15) is 4.79 Å². The van der Waals surface area contributed by atoms with E-state index in [4.69, 9.17) is 18.9 Å². The third-order valence-electron chi connectivity index (χ3n) is 4.03. The van der Waals surface area contributed by atoms with Crippen molar-refractivity contribution in [2.24, 2.45) is 5.92 Å². The average molecular weight is 299 g/mol. The minimum absolute atomic E-state index is 0.0368. The molecule has 0 aliphatic carbocycles. The van der Waals surface area contributed by atoms with Crippen molar-refractivity contribution in [3.05, 3.63) is 12.7 Å². The SMILES string of the molecule is C=C[C@@H]1CN(C(=O)OC(C)(C)C)[C@H]2[C@@H]1OCC2(OC)OC. The highest BCUT2D eigenvalue weighted by Gasteiger charge is 2.61. The number of methoxy groups -OCH3 is 2. The molecule has 2 fully saturated rings. The molecule has 2 heterocycles. The predicted octanol–water partition coefficient (Wildman–Crippen LogP) is 1.80. The molecule has 1 amide bonds. The molecular formula is C15H25NO5. The number of carbonyl (C=O) groups is 1. The lowest BCUT2D eigenvalue weighted by molar-refractivity contribution is -0.224. The van der Waals surface area contributed by atoms with Gasteiger partial charge in [-0.15, -0.1) is 6.58 Å². The highest BCUT2D eigenvalue weighted by atomic mass is 16.7. The Morgan fingerprint density at radius 1 is 1.38 bits per heavy atom. The zero-order chi connectivity index (χ0) is 15.8. The van der Waals surface area contributed by atoms with Gasteiger partial charge in [0.15, 0.2) is 0 Å². The number of hydrogen-bond donors (Lipinski definition) is 0. The van der Waals surface area contributed by atoms with Crippen LogP contribution in [0.25, 0.3) is 0 Å². The number of hydrogen-bond acceptors (Lipinski definition) is 5. The first-order valence-corrected chi connectivity index (χ1v) is 7.12. The van der Waals surface area contributed by atoms with Crippen LogP contribution in [0.15, 0.2) is 12.7 Å². The lowest BCUT2D eigenvalue weighted by Gasteiger charge is -2.36. The molecule has 0 aromatic heterocycles. The second-order valence-corrected chi connectivity index (χ2v) is 6.47. The van der Waals surface area contributed by atoms with Crippen LogP contribution in [0.4, 0.5) is 4.79 Å². The van der Waals surface area contributed by atoms with E-state index in [0.29, 0.717) is 6.54 Å². The summed E-state index contributed by atoms with van der Waals surface area (Å²) < 4.78 is 22.4. The van der Waals surface area contributed by atoms with Crippen LogP contribution in [-0.2, 0) is 18.9 Å². The maximum absolute atomic E-state index is 12.5. The molecule has 0 saturated carbocycles. The van der Waals surface area contributed by atoms with E-state index < -0.39 is 11.4 Å². The Morgan fingerprint density at radius 2 is 2.00 bits per heavy atom. The summed E-state index contributed by atoms with van der Waals surface area (Å²) in [5.41, 5.74) is -0.554. The second kappa shape index (κ2) is 5.59. The standard InChI is InChI=1S/C15H25NO5/c1-7-10-8-16(13(17)21-14(2,3)4)12-11(10)20-9-15(12,18-5)19-6/h7,10-12H,1,8-9H2,2-6H3/t10-,11-,12+/m1/s1. The summed E-state index contributed by atoms with van der Waals surface area (Å²) >= 11 is 0. The number of ether oxygens (including phenoxy) is 4. The van der Waals surface area contributed by atoms with Crippen LogP contribution in [0.2, 0.25) is 0 Å². The van der Waals surface area contributed by atoms with Crippen molar-refractivity contribution in [2.75, 3.05) is 27.4 Å². The maximum atomic E-state index is 12.5. The first kappa shape index (κ1) is 16.3. The molecule has 2 saturated heterocycles. The van der Waals surface area contributed by atoms with E-state index in [2.05, 4.69) is 6.58 Å². The Kier molecular flexibility index (Phi) is 4.33. The molecular weight excluding hydrogens is 274 g/mol. The molecule has 2 aliphatic rings. The molecule has 0 radical (unpaired) electrons. The Labute approximate surface area is 126 Å². The molecule has 0 N–H and O–H groups in total. The normalized spacial score (nSPS) is 31.1. The molecule has 0 aromatic carbocycles. The average Bonchev–Trinajstić information content (AvgIpc) is 2.94. The van der Waals surface area contributed by atoms with E-state index in [1.54, 1.807) is 19.1 Å². The lowest BCUT2D eigenvalue weighted by Crippen LogP contribution is -2.55. The Hall–Kier alpha value is -1.11. The molecule has 6 nitrogen and oxygen atoms in total.